The standard InChI is InChI=1S/C12H16N2O2/c1-4-6-13(3)8-9-14-7-5-11(15)12(16)10(14)2/h1,5,7,16H,6,8-9H2,2-3H3. The van der Waals surface area contributed by atoms with E-state index in [9.17, 15) is 9.90 Å². The molecule has 0 unspecified atom stereocenters. The van der Waals surface area contributed by atoms with Gasteiger partial charge in [-0.05, 0) is 14.0 Å². The highest BCUT2D eigenvalue weighted by Gasteiger charge is 2.05. The van der Waals surface area contributed by atoms with E-state index in [0.29, 0.717) is 18.8 Å². The topological polar surface area (TPSA) is 45.5 Å². The molecular weight excluding hydrogens is 204 g/mol. The summed E-state index contributed by atoms with van der Waals surface area (Å²) in [6.45, 7) is 3.77. The maximum Gasteiger partial charge on any atom is 0.223 e. The fraction of sp³-hybridized carbons (Fsp3) is 0.417. The molecule has 0 aliphatic rings. The Labute approximate surface area is 95.1 Å². The van der Waals surface area contributed by atoms with E-state index < -0.39 is 0 Å². The Kier molecular flexibility index (Phi) is 4.15. The molecule has 1 aromatic rings. The third-order valence-corrected chi connectivity index (χ3v) is 2.50. The summed E-state index contributed by atoms with van der Waals surface area (Å²) in [6, 6.07) is 1.36. The summed E-state index contributed by atoms with van der Waals surface area (Å²) in [5, 5.41) is 9.48. The predicted octanol–water partition coefficient (Wildman–Crippen LogP) is 0.427. The van der Waals surface area contributed by atoms with Gasteiger partial charge in [-0.1, -0.05) is 5.92 Å². The van der Waals surface area contributed by atoms with E-state index in [1.165, 1.54) is 6.07 Å². The van der Waals surface area contributed by atoms with Crippen molar-refractivity contribution in [3.63, 3.8) is 0 Å². The number of likely N-dealkylation sites (N-methyl/N-ethyl adjacent to an activating group) is 1. The average Bonchev–Trinajstić information content (AvgIpc) is 2.25. The number of aromatic hydroxyl groups is 1. The van der Waals surface area contributed by atoms with Gasteiger partial charge in [0.2, 0.25) is 5.43 Å². The minimum Gasteiger partial charge on any atom is -0.503 e. The molecule has 0 atom stereocenters. The van der Waals surface area contributed by atoms with Crippen LogP contribution in [-0.2, 0) is 6.54 Å². The second-order valence-corrected chi connectivity index (χ2v) is 3.75. The van der Waals surface area contributed by atoms with Gasteiger partial charge in [-0.2, -0.15) is 0 Å². The summed E-state index contributed by atoms with van der Waals surface area (Å²) in [4.78, 5) is 13.1. The molecule has 1 rings (SSSR count). The second kappa shape index (κ2) is 5.38. The van der Waals surface area contributed by atoms with Crippen LogP contribution in [0, 0.1) is 19.3 Å². The Balaban J connectivity index is 2.73. The van der Waals surface area contributed by atoms with Crippen molar-refractivity contribution in [1.82, 2.24) is 9.47 Å². The monoisotopic (exact) mass is 220 g/mol. The lowest BCUT2D eigenvalue weighted by Gasteiger charge is -2.16. The zero-order valence-corrected chi connectivity index (χ0v) is 9.60. The van der Waals surface area contributed by atoms with Crippen LogP contribution < -0.4 is 5.43 Å². The molecule has 0 saturated heterocycles. The second-order valence-electron chi connectivity index (χ2n) is 3.75. The lowest BCUT2D eigenvalue weighted by atomic mass is 10.3. The zero-order chi connectivity index (χ0) is 12.1. The summed E-state index contributed by atoms with van der Waals surface area (Å²) in [5.74, 6) is 2.38. The number of hydrogen-bond donors (Lipinski definition) is 1. The van der Waals surface area contributed by atoms with Crippen LogP contribution in [-0.4, -0.2) is 34.7 Å². The van der Waals surface area contributed by atoms with Crippen molar-refractivity contribution >= 4 is 0 Å². The van der Waals surface area contributed by atoms with Gasteiger partial charge in [-0.15, -0.1) is 6.42 Å². The van der Waals surface area contributed by atoms with Gasteiger partial charge in [0, 0.05) is 25.4 Å². The van der Waals surface area contributed by atoms with E-state index >= 15 is 0 Å². The number of nitrogens with zero attached hydrogens (tertiary/aromatic N) is 2. The van der Waals surface area contributed by atoms with Gasteiger partial charge >= 0.3 is 0 Å². The molecule has 0 saturated carbocycles. The Morgan fingerprint density at radius 1 is 1.62 bits per heavy atom. The molecule has 86 valence electrons. The van der Waals surface area contributed by atoms with Crippen molar-refractivity contribution in [1.29, 1.82) is 0 Å². The molecular formula is C12H16N2O2. The van der Waals surface area contributed by atoms with Crippen LogP contribution >= 0.6 is 0 Å². The Hall–Kier alpha value is -1.73. The van der Waals surface area contributed by atoms with Crippen molar-refractivity contribution in [2.24, 2.45) is 0 Å². The van der Waals surface area contributed by atoms with Crippen molar-refractivity contribution in [2.75, 3.05) is 20.1 Å². The number of hydrogen-bond acceptors (Lipinski definition) is 3. The smallest absolute Gasteiger partial charge is 0.223 e. The van der Waals surface area contributed by atoms with Crippen LogP contribution in [0.4, 0.5) is 0 Å². The molecule has 0 bridgehead atoms. The van der Waals surface area contributed by atoms with Crippen LogP contribution in [0.1, 0.15) is 5.69 Å². The van der Waals surface area contributed by atoms with Crippen molar-refractivity contribution in [3.8, 4) is 18.1 Å². The highest BCUT2D eigenvalue weighted by atomic mass is 16.3. The van der Waals surface area contributed by atoms with Crippen molar-refractivity contribution in [3.05, 3.63) is 28.2 Å². The molecule has 4 heteroatoms. The molecule has 0 spiro atoms. The van der Waals surface area contributed by atoms with Gasteiger partial charge < -0.3 is 9.67 Å². The van der Waals surface area contributed by atoms with Crippen LogP contribution in [0.15, 0.2) is 17.1 Å². The summed E-state index contributed by atoms with van der Waals surface area (Å²) >= 11 is 0. The van der Waals surface area contributed by atoms with E-state index in [1.807, 2.05) is 16.5 Å². The first-order valence-electron chi connectivity index (χ1n) is 5.07. The SMILES string of the molecule is C#CCN(C)CCn1ccc(=O)c(O)c1C. The van der Waals surface area contributed by atoms with E-state index in [2.05, 4.69) is 5.92 Å². The number of terminal acetylenes is 1. The zero-order valence-electron chi connectivity index (χ0n) is 9.60. The van der Waals surface area contributed by atoms with Gasteiger partial charge in [0.15, 0.2) is 5.75 Å². The maximum atomic E-state index is 11.1. The first kappa shape index (κ1) is 12.3. The average molecular weight is 220 g/mol. The van der Waals surface area contributed by atoms with Crippen molar-refractivity contribution in [2.45, 2.75) is 13.5 Å². The number of pyridine rings is 1. The lowest BCUT2D eigenvalue weighted by Crippen LogP contribution is -2.24. The highest BCUT2D eigenvalue weighted by Crippen LogP contribution is 2.08. The third-order valence-electron chi connectivity index (χ3n) is 2.50. The molecule has 0 aliphatic carbocycles. The van der Waals surface area contributed by atoms with Gasteiger partial charge in [-0.3, -0.25) is 9.69 Å². The van der Waals surface area contributed by atoms with E-state index in [1.54, 1.807) is 13.1 Å². The van der Waals surface area contributed by atoms with E-state index in [-0.39, 0.29) is 11.2 Å². The number of rotatable bonds is 4. The predicted molar refractivity (Wildman–Crippen MR) is 63.4 cm³/mol. The van der Waals surface area contributed by atoms with Crippen LogP contribution in [0.25, 0.3) is 0 Å². The Morgan fingerprint density at radius 2 is 2.31 bits per heavy atom. The largest absolute Gasteiger partial charge is 0.503 e. The van der Waals surface area contributed by atoms with Crippen LogP contribution in [0.5, 0.6) is 5.75 Å². The van der Waals surface area contributed by atoms with Crippen molar-refractivity contribution < 1.29 is 5.11 Å². The molecule has 0 amide bonds. The fourth-order valence-electron chi connectivity index (χ4n) is 1.42. The summed E-state index contributed by atoms with van der Waals surface area (Å²) < 4.78 is 1.84. The van der Waals surface area contributed by atoms with E-state index in [4.69, 9.17) is 6.42 Å². The molecule has 1 aromatic heterocycles. The molecule has 0 aromatic carbocycles. The molecule has 4 nitrogen and oxygen atoms in total. The molecule has 16 heavy (non-hydrogen) atoms. The number of aromatic nitrogens is 1. The molecule has 1 heterocycles. The normalized spacial score (nSPS) is 10.4. The Morgan fingerprint density at radius 3 is 2.94 bits per heavy atom. The quantitative estimate of drug-likeness (QED) is 0.748. The first-order valence-corrected chi connectivity index (χ1v) is 5.07. The highest BCUT2D eigenvalue weighted by molar-refractivity contribution is 5.25. The fourth-order valence-corrected chi connectivity index (χ4v) is 1.42. The van der Waals surface area contributed by atoms with Gasteiger partial charge in [-0.25, -0.2) is 0 Å². The molecule has 0 aliphatic heterocycles. The summed E-state index contributed by atoms with van der Waals surface area (Å²) in [5.41, 5.74) is 0.243. The molecule has 0 fully saturated rings. The van der Waals surface area contributed by atoms with E-state index in [0.717, 1.165) is 6.54 Å². The minimum absolute atomic E-state index is 0.179. The lowest BCUT2D eigenvalue weighted by molar-refractivity contribution is 0.350. The summed E-state index contributed by atoms with van der Waals surface area (Å²) in [7, 11) is 1.93. The van der Waals surface area contributed by atoms with Gasteiger partial charge in [0.25, 0.3) is 0 Å². The Bertz CT molecular complexity index is 457. The maximum absolute atomic E-state index is 11.1. The van der Waals surface area contributed by atoms with Crippen LogP contribution in [0.3, 0.4) is 0 Å². The summed E-state index contributed by atoms with van der Waals surface area (Å²) in [6.07, 6.45) is 6.87. The minimum atomic E-state index is -0.342. The van der Waals surface area contributed by atoms with Gasteiger partial charge in [0.1, 0.15) is 0 Å². The third kappa shape index (κ3) is 2.88. The molecule has 0 radical (unpaired) electrons. The van der Waals surface area contributed by atoms with Gasteiger partial charge in [0.05, 0.1) is 12.2 Å². The molecule has 1 N–H and O–H groups in total. The van der Waals surface area contributed by atoms with Crippen LogP contribution in [0.2, 0.25) is 0 Å². The first-order chi connectivity index (χ1) is 7.56.